The minimum Gasteiger partial charge on any atom is -0.455 e. The molecule has 17 heavy (non-hydrogen) atoms. The molecule has 0 radical (unpaired) electrons. The first-order valence-corrected chi connectivity index (χ1v) is 7.52. The second-order valence-corrected chi connectivity index (χ2v) is 6.66. The van der Waals surface area contributed by atoms with Gasteiger partial charge >= 0.3 is 0 Å². The molecule has 0 saturated heterocycles. The Bertz CT molecular complexity index is 545. The van der Waals surface area contributed by atoms with Gasteiger partial charge < -0.3 is 9.73 Å². The highest BCUT2D eigenvalue weighted by Gasteiger charge is 2.25. The summed E-state index contributed by atoms with van der Waals surface area (Å²) in [4.78, 5) is 11.5. The van der Waals surface area contributed by atoms with Gasteiger partial charge in [-0.2, -0.15) is 0 Å². The van der Waals surface area contributed by atoms with Crippen LogP contribution in [0.25, 0.3) is 0 Å². The van der Waals surface area contributed by atoms with Crippen molar-refractivity contribution < 1.29 is 17.6 Å². The maximum absolute atomic E-state index is 11.6. The summed E-state index contributed by atoms with van der Waals surface area (Å²) in [5.74, 6) is 0.233. The van der Waals surface area contributed by atoms with E-state index >= 15 is 0 Å². The highest BCUT2D eigenvalue weighted by atomic mass is 35.7. The van der Waals surface area contributed by atoms with Crippen molar-refractivity contribution in [1.29, 1.82) is 0 Å². The predicted octanol–water partition coefficient (Wildman–Crippen LogP) is 1.66. The van der Waals surface area contributed by atoms with Crippen LogP contribution in [0.2, 0.25) is 0 Å². The minimum atomic E-state index is -3.87. The fraction of sp³-hybridized carbons (Fsp3) is 0.500. The van der Waals surface area contributed by atoms with Crippen LogP contribution in [0, 0.1) is 12.8 Å². The maximum atomic E-state index is 11.6. The summed E-state index contributed by atoms with van der Waals surface area (Å²) < 4.78 is 27.4. The van der Waals surface area contributed by atoms with Gasteiger partial charge in [-0.15, -0.1) is 0 Å². The van der Waals surface area contributed by atoms with Gasteiger partial charge in [0.2, 0.25) is 0 Å². The van der Waals surface area contributed by atoms with E-state index in [2.05, 4.69) is 5.32 Å². The molecule has 1 aliphatic carbocycles. The molecule has 7 heteroatoms. The molecule has 0 unspecified atom stereocenters. The number of hydrogen-bond donors (Lipinski definition) is 1. The van der Waals surface area contributed by atoms with Crippen LogP contribution in [0.5, 0.6) is 0 Å². The average Bonchev–Trinajstić information content (AvgIpc) is 2.95. The molecule has 0 spiro atoms. The number of rotatable bonds is 4. The van der Waals surface area contributed by atoms with Crippen molar-refractivity contribution in [3.05, 3.63) is 17.6 Å². The number of carbonyl (C=O) groups excluding carboxylic acids is 1. The largest absolute Gasteiger partial charge is 0.455 e. The number of nitrogens with one attached hydrogen (secondary N) is 1. The minimum absolute atomic E-state index is 0.0256. The smallest absolute Gasteiger partial charge is 0.287 e. The monoisotopic (exact) mass is 277 g/mol. The normalized spacial score (nSPS) is 15.9. The first-order valence-electron chi connectivity index (χ1n) is 5.21. The molecule has 0 bridgehead atoms. The zero-order valence-corrected chi connectivity index (χ0v) is 10.8. The van der Waals surface area contributed by atoms with E-state index in [-0.39, 0.29) is 16.4 Å². The molecule has 1 aromatic rings. The zero-order valence-electron chi connectivity index (χ0n) is 9.20. The number of aryl methyl sites for hydroxylation is 1. The van der Waals surface area contributed by atoms with Crippen LogP contribution >= 0.6 is 10.7 Å². The van der Waals surface area contributed by atoms with Crippen molar-refractivity contribution >= 4 is 25.6 Å². The summed E-state index contributed by atoms with van der Waals surface area (Å²) in [6.07, 6.45) is 2.25. The number of amides is 1. The van der Waals surface area contributed by atoms with Crippen LogP contribution in [0.4, 0.5) is 0 Å². The van der Waals surface area contributed by atoms with E-state index < -0.39 is 15.0 Å². The van der Waals surface area contributed by atoms with E-state index in [0.29, 0.717) is 12.5 Å². The van der Waals surface area contributed by atoms with Gasteiger partial charge in [-0.25, -0.2) is 8.42 Å². The molecule has 1 fully saturated rings. The van der Waals surface area contributed by atoms with Crippen LogP contribution in [0.3, 0.4) is 0 Å². The summed E-state index contributed by atoms with van der Waals surface area (Å²) in [5, 5.41) is 2.68. The van der Waals surface area contributed by atoms with E-state index in [1.54, 1.807) is 0 Å². The third-order valence-corrected chi connectivity index (χ3v) is 4.04. The van der Waals surface area contributed by atoms with Crippen LogP contribution in [-0.4, -0.2) is 20.9 Å². The third-order valence-electron chi connectivity index (χ3n) is 2.61. The molecule has 5 nitrogen and oxygen atoms in total. The lowest BCUT2D eigenvalue weighted by molar-refractivity contribution is 0.0923. The van der Waals surface area contributed by atoms with Crippen molar-refractivity contribution in [2.75, 3.05) is 6.54 Å². The molecule has 0 atom stereocenters. The Kier molecular flexibility index (Phi) is 3.18. The van der Waals surface area contributed by atoms with Crippen LogP contribution in [0.1, 0.15) is 29.2 Å². The summed E-state index contributed by atoms with van der Waals surface area (Å²) in [7, 11) is 1.33. The molecule has 0 aliphatic heterocycles. The van der Waals surface area contributed by atoms with E-state index in [9.17, 15) is 13.2 Å². The maximum Gasteiger partial charge on any atom is 0.287 e. The summed E-state index contributed by atoms with van der Waals surface area (Å²) >= 11 is 0. The molecule has 1 aromatic heterocycles. The summed E-state index contributed by atoms with van der Waals surface area (Å²) in [6.45, 7) is 2.05. The van der Waals surface area contributed by atoms with E-state index in [1.165, 1.54) is 6.92 Å². The average molecular weight is 278 g/mol. The van der Waals surface area contributed by atoms with Gasteiger partial charge in [0.25, 0.3) is 15.0 Å². The number of halogens is 1. The Morgan fingerprint density at radius 3 is 2.71 bits per heavy atom. The highest BCUT2D eigenvalue weighted by Crippen LogP contribution is 2.28. The van der Waals surface area contributed by atoms with Gasteiger partial charge in [-0.1, -0.05) is 0 Å². The summed E-state index contributed by atoms with van der Waals surface area (Å²) in [6, 6.07) is 1.15. The number of furan rings is 1. The quantitative estimate of drug-likeness (QED) is 0.849. The topological polar surface area (TPSA) is 76.4 Å². The second kappa shape index (κ2) is 4.34. The first kappa shape index (κ1) is 12.4. The van der Waals surface area contributed by atoms with Crippen molar-refractivity contribution in [2.45, 2.75) is 24.7 Å². The second-order valence-electron chi connectivity index (χ2n) is 4.12. The predicted molar refractivity (Wildman–Crippen MR) is 61.5 cm³/mol. The van der Waals surface area contributed by atoms with Crippen molar-refractivity contribution in [3.63, 3.8) is 0 Å². The molecular formula is C10H12ClNO4S. The van der Waals surface area contributed by atoms with E-state index in [1.807, 2.05) is 0 Å². The van der Waals surface area contributed by atoms with Gasteiger partial charge in [0.15, 0.2) is 5.76 Å². The van der Waals surface area contributed by atoms with Gasteiger partial charge in [0.05, 0.1) is 0 Å². The SMILES string of the molecule is Cc1oc(C(=O)NCC2CC2)cc1S(=O)(=O)Cl. The Morgan fingerprint density at radius 1 is 1.59 bits per heavy atom. The van der Waals surface area contributed by atoms with Gasteiger partial charge in [0, 0.05) is 23.3 Å². The molecule has 1 aliphatic rings. The molecule has 1 saturated carbocycles. The lowest BCUT2D eigenvalue weighted by atomic mass is 10.3. The van der Waals surface area contributed by atoms with Crippen molar-refractivity contribution in [2.24, 2.45) is 5.92 Å². The number of hydrogen-bond acceptors (Lipinski definition) is 4. The lowest BCUT2D eigenvalue weighted by Crippen LogP contribution is -2.25. The Balaban J connectivity index is 2.13. The molecular weight excluding hydrogens is 266 g/mol. The molecule has 2 rings (SSSR count). The van der Waals surface area contributed by atoms with Crippen LogP contribution < -0.4 is 5.32 Å². The molecule has 1 heterocycles. The Labute approximate surface area is 104 Å². The Morgan fingerprint density at radius 2 is 2.24 bits per heavy atom. The highest BCUT2D eigenvalue weighted by molar-refractivity contribution is 8.13. The fourth-order valence-corrected chi connectivity index (χ4v) is 2.56. The van der Waals surface area contributed by atoms with Gasteiger partial charge in [-0.3, -0.25) is 4.79 Å². The Hall–Kier alpha value is -1.01. The first-order chi connectivity index (χ1) is 7.88. The molecule has 1 N–H and O–H groups in total. The van der Waals surface area contributed by atoms with E-state index in [4.69, 9.17) is 15.1 Å². The molecule has 94 valence electrons. The fourth-order valence-electron chi connectivity index (χ4n) is 1.47. The molecule has 0 aromatic carbocycles. The third kappa shape index (κ3) is 3.01. The summed E-state index contributed by atoms with van der Waals surface area (Å²) in [5.41, 5.74) is 0. The van der Waals surface area contributed by atoms with Gasteiger partial charge in [0.1, 0.15) is 10.7 Å². The van der Waals surface area contributed by atoms with Gasteiger partial charge in [-0.05, 0) is 25.7 Å². The zero-order chi connectivity index (χ0) is 12.6. The van der Waals surface area contributed by atoms with E-state index in [0.717, 1.165) is 18.9 Å². The number of carbonyl (C=O) groups is 1. The van der Waals surface area contributed by atoms with Crippen molar-refractivity contribution in [1.82, 2.24) is 5.32 Å². The lowest BCUT2D eigenvalue weighted by Gasteiger charge is -1.99. The van der Waals surface area contributed by atoms with Crippen molar-refractivity contribution in [3.8, 4) is 0 Å². The van der Waals surface area contributed by atoms with Crippen LogP contribution in [0.15, 0.2) is 15.4 Å². The molecule has 1 amide bonds. The van der Waals surface area contributed by atoms with Crippen LogP contribution in [-0.2, 0) is 9.05 Å². The standard InChI is InChI=1S/C10H12ClNO4S/c1-6-9(17(11,14)15)4-8(16-6)10(13)12-5-7-2-3-7/h4,7H,2-3,5H2,1H3,(H,12,13).